The van der Waals surface area contributed by atoms with Gasteiger partial charge in [-0.2, -0.15) is 0 Å². The number of pyridine rings is 1. The highest BCUT2D eigenvalue weighted by Gasteiger charge is 2.22. The quantitative estimate of drug-likeness (QED) is 0.432. The van der Waals surface area contributed by atoms with Crippen LogP contribution in [0.15, 0.2) is 6.20 Å². The Labute approximate surface area is 97.7 Å². The molecule has 0 spiro atoms. The van der Waals surface area contributed by atoms with Crippen LogP contribution in [0, 0.1) is 10.1 Å². The third-order valence-corrected chi connectivity index (χ3v) is 2.30. The fraction of sp³-hybridized carbons (Fsp3) is 0.444. The topological polar surface area (TPSA) is 127 Å². The van der Waals surface area contributed by atoms with Crippen LogP contribution in [0.3, 0.4) is 0 Å². The van der Waals surface area contributed by atoms with Crippen molar-refractivity contribution in [3.05, 3.63) is 21.9 Å². The normalized spacial score (nSPS) is 10.8. The number of ether oxygens (including phenoxy) is 2. The average molecular weight is 242 g/mol. The number of nitrogens with two attached hydrogens (primary N) is 2. The Balaban J connectivity index is 3.10. The number of nitrogen functional groups attached to an aromatic ring is 2. The molecule has 1 aromatic rings. The van der Waals surface area contributed by atoms with Crippen molar-refractivity contribution in [2.75, 3.05) is 25.7 Å². The van der Waals surface area contributed by atoms with E-state index in [-0.39, 0.29) is 23.6 Å². The first-order valence-electron chi connectivity index (χ1n) is 4.74. The largest absolute Gasteiger partial charge is 0.393 e. The number of nitrogens with zero attached hydrogens (tertiary/aromatic N) is 2. The zero-order valence-electron chi connectivity index (χ0n) is 9.54. The minimum atomic E-state index is -0.657. The molecule has 0 fully saturated rings. The summed E-state index contributed by atoms with van der Waals surface area (Å²) >= 11 is 0. The minimum Gasteiger partial charge on any atom is -0.393 e. The van der Waals surface area contributed by atoms with E-state index in [0.29, 0.717) is 5.56 Å². The highest BCUT2D eigenvalue weighted by Crippen LogP contribution is 2.30. The molecule has 0 saturated carbocycles. The molecule has 0 bridgehead atoms. The lowest BCUT2D eigenvalue weighted by Gasteiger charge is -2.14. The first-order chi connectivity index (χ1) is 8.01. The van der Waals surface area contributed by atoms with Gasteiger partial charge in [-0.05, 0) is 0 Å². The highest BCUT2D eigenvalue weighted by molar-refractivity contribution is 5.72. The Morgan fingerprint density at radius 3 is 2.53 bits per heavy atom. The zero-order valence-corrected chi connectivity index (χ0v) is 9.54. The van der Waals surface area contributed by atoms with Crippen LogP contribution in [0.4, 0.5) is 17.2 Å². The average Bonchev–Trinajstić information content (AvgIpc) is 2.28. The van der Waals surface area contributed by atoms with Crippen molar-refractivity contribution >= 4 is 17.2 Å². The van der Waals surface area contributed by atoms with Crippen molar-refractivity contribution in [2.24, 2.45) is 0 Å². The molecule has 0 aliphatic carbocycles. The molecule has 0 aliphatic rings. The Bertz CT molecular complexity index is 420. The van der Waals surface area contributed by atoms with E-state index < -0.39 is 11.2 Å². The summed E-state index contributed by atoms with van der Waals surface area (Å²) in [6.45, 7) is 0. The van der Waals surface area contributed by atoms with Gasteiger partial charge >= 0.3 is 5.69 Å². The van der Waals surface area contributed by atoms with Gasteiger partial charge in [0.25, 0.3) is 0 Å². The second-order valence-electron chi connectivity index (χ2n) is 3.29. The van der Waals surface area contributed by atoms with Gasteiger partial charge in [-0.1, -0.05) is 0 Å². The summed E-state index contributed by atoms with van der Waals surface area (Å²) in [6, 6.07) is 0. The second-order valence-corrected chi connectivity index (χ2v) is 3.29. The Morgan fingerprint density at radius 2 is 2.06 bits per heavy atom. The van der Waals surface area contributed by atoms with E-state index in [0.717, 1.165) is 0 Å². The van der Waals surface area contributed by atoms with Crippen LogP contribution >= 0.6 is 0 Å². The molecule has 0 saturated heterocycles. The van der Waals surface area contributed by atoms with Crippen LogP contribution in [0.1, 0.15) is 5.56 Å². The van der Waals surface area contributed by atoms with Crippen molar-refractivity contribution in [3.63, 3.8) is 0 Å². The molecule has 4 N–H and O–H groups in total. The summed E-state index contributed by atoms with van der Waals surface area (Å²) in [7, 11) is 2.92. The third-order valence-electron chi connectivity index (χ3n) is 2.30. The SMILES string of the molecule is COC(Cc1cnc(N)c([N+](=O)[O-])c1N)OC. The van der Waals surface area contributed by atoms with Gasteiger partial charge in [-0.3, -0.25) is 10.1 Å². The van der Waals surface area contributed by atoms with E-state index in [1.165, 1.54) is 20.4 Å². The maximum Gasteiger partial charge on any atom is 0.334 e. The van der Waals surface area contributed by atoms with Gasteiger partial charge < -0.3 is 20.9 Å². The smallest absolute Gasteiger partial charge is 0.334 e. The van der Waals surface area contributed by atoms with Gasteiger partial charge in [0, 0.05) is 32.4 Å². The highest BCUT2D eigenvalue weighted by atomic mass is 16.7. The molecule has 94 valence electrons. The van der Waals surface area contributed by atoms with E-state index in [1.807, 2.05) is 0 Å². The molecule has 0 atom stereocenters. The van der Waals surface area contributed by atoms with E-state index in [1.54, 1.807) is 0 Å². The lowest BCUT2D eigenvalue weighted by Crippen LogP contribution is -2.18. The van der Waals surface area contributed by atoms with Crippen LogP contribution in [-0.4, -0.2) is 30.4 Å². The lowest BCUT2D eigenvalue weighted by molar-refractivity contribution is -0.383. The third kappa shape index (κ3) is 2.80. The molecule has 1 rings (SSSR count). The van der Waals surface area contributed by atoms with E-state index in [9.17, 15) is 10.1 Å². The number of hydrogen-bond acceptors (Lipinski definition) is 7. The number of rotatable bonds is 5. The molecule has 0 amide bonds. The number of anilines is 2. The van der Waals surface area contributed by atoms with Gasteiger partial charge in [-0.25, -0.2) is 4.98 Å². The van der Waals surface area contributed by atoms with Crippen LogP contribution < -0.4 is 11.5 Å². The van der Waals surface area contributed by atoms with Crippen molar-refractivity contribution < 1.29 is 14.4 Å². The maximum atomic E-state index is 10.8. The van der Waals surface area contributed by atoms with Gasteiger partial charge in [-0.15, -0.1) is 0 Å². The lowest BCUT2D eigenvalue weighted by atomic mass is 10.1. The predicted octanol–water partition coefficient (Wildman–Crippen LogP) is 0.316. The van der Waals surface area contributed by atoms with Gasteiger partial charge in [0.15, 0.2) is 6.29 Å². The van der Waals surface area contributed by atoms with Gasteiger partial charge in [0.05, 0.1) is 4.92 Å². The summed E-state index contributed by atoms with van der Waals surface area (Å²) in [4.78, 5) is 13.8. The molecule has 1 aromatic heterocycles. The summed E-state index contributed by atoms with van der Waals surface area (Å²) in [6.07, 6.45) is 1.10. The molecular formula is C9H14N4O4. The summed E-state index contributed by atoms with van der Waals surface area (Å²) in [5, 5.41) is 10.8. The monoisotopic (exact) mass is 242 g/mol. The zero-order chi connectivity index (χ0) is 13.0. The van der Waals surface area contributed by atoms with Gasteiger partial charge in [0.2, 0.25) is 5.82 Å². The molecule has 17 heavy (non-hydrogen) atoms. The molecule has 8 heteroatoms. The van der Waals surface area contributed by atoms with Crippen LogP contribution in [0.2, 0.25) is 0 Å². The first kappa shape index (κ1) is 13.1. The standard InChI is InChI=1S/C9H14N4O4/c1-16-6(17-2)3-5-4-12-9(11)8(7(5)10)13(14)15/h4,6H,3H2,1-2H3,(H4,10,11,12). The van der Waals surface area contributed by atoms with E-state index >= 15 is 0 Å². The Morgan fingerprint density at radius 1 is 1.47 bits per heavy atom. The van der Waals surface area contributed by atoms with Crippen molar-refractivity contribution in [3.8, 4) is 0 Å². The molecule has 0 unspecified atom stereocenters. The minimum absolute atomic E-state index is 0.0124. The molecule has 0 aliphatic heterocycles. The van der Waals surface area contributed by atoms with Crippen molar-refractivity contribution in [1.29, 1.82) is 0 Å². The molecule has 8 nitrogen and oxygen atoms in total. The maximum absolute atomic E-state index is 10.8. The number of methoxy groups -OCH3 is 2. The predicted molar refractivity (Wildman–Crippen MR) is 61.2 cm³/mol. The fourth-order valence-corrected chi connectivity index (χ4v) is 1.37. The second kappa shape index (κ2) is 5.41. The van der Waals surface area contributed by atoms with Crippen molar-refractivity contribution in [2.45, 2.75) is 12.7 Å². The van der Waals surface area contributed by atoms with Gasteiger partial charge in [0.1, 0.15) is 5.69 Å². The van der Waals surface area contributed by atoms with E-state index in [2.05, 4.69) is 4.98 Å². The van der Waals surface area contributed by atoms with Crippen LogP contribution in [0.25, 0.3) is 0 Å². The molecule has 0 radical (unpaired) electrons. The Hall–Kier alpha value is -1.93. The summed E-state index contributed by atoms with van der Waals surface area (Å²) in [5.74, 6) is -0.206. The summed E-state index contributed by atoms with van der Waals surface area (Å²) < 4.78 is 9.96. The number of hydrogen-bond donors (Lipinski definition) is 2. The van der Waals surface area contributed by atoms with Crippen LogP contribution in [-0.2, 0) is 15.9 Å². The fourth-order valence-electron chi connectivity index (χ4n) is 1.37. The molecule has 1 heterocycles. The number of nitro groups is 1. The molecule has 0 aromatic carbocycles. The van der Waals surface area contributed by atoms with E-state index in [4.69, 9.17) is 20.9 Å². The first-order valence-corrected chi connectivity index (χ1v) is 4.74. The number of aromatic nitrogens is 1. The van der Waals surface area contributed by atoms with Crippen LogP contribution in [0.5, 0.6) is 0 Å². The van der Waals surface area contributed by atoms with Crippen molar-refractivity contribution in [1.82, 2.24) is 4.98 Å². The Kier molecular flexibility index (Phi) is 4.18. The summed E-state index contributed by atoms with van der Waals surface area (Å²) in [5.41, 5.74) is 11.1. The molecular weight excluding hydrogens is 228 g/mol.